The summed E-state index contributed by atoms with van der Waals surface area (Å²) in [5, 5.41) is 18.1. The highest BCUT2D eigenvalue weighted by atomic mass is 16.5. The van der Waals surface area contributed by atoms with Gasteiger partial charge in [0.25, 0.3) is 0 Å². The second-order valence-corrected chi connectivity index (χ2v) is 5.21. The number of hydrogen-bond acceptors (Lipinski definition) is 4. The molecule has 100 valence electrons. The molecule has 0 atom stereocenters. The van der Waals surface area contributed by atoms with E-state index in [0.717, 1.165) is 11.3 Å². The molecule has 2 N–H and O–H groups in total. The van der Waals surface area contributed by atoms with Gasteiger partial charge in [0.1, 0.15) is 12.4 Å². The fraction of sp³-hybridized carbons (Fsp3) is 0.538. The normalized spacial score (nSPS) is 11.4. The SMILES string of the molecule is Cc1cc(B(O)O)ccc1OCCOC(C)(C)C. The summed E-state index contributed by atoms with van der Waals surface area (Å²) in [7, 11) is -1.44. The van der Waals surface area contributed by atoms with Gasteiger partial charge in [-0.3, -0.25) is 0 Å². The minimum absolute atomic E-state index is 0.163. The van der Waals surface area contributed by atoms with Crippen molar-refractivity contribution in [3.8, 4) is 5.75 Å². The fourth-order valence-electron chi connectivity index (χ4n) is 1.49. The molecule has 0 aliphatic carbocycles. The van der Waals surface area contributed by atoms with Crippen LogP contribution in [-0.2, 0) is 4.74 Å². The van der Waals surface area contributed by atoms with Crippen molar-refractivity contribution in [2.45, 2.75) is 33.3 Å². The summed E-state index contributed by atoms with van der Waals surface area (Å²) in [6, 6.07) is 5.07. The van der Waals surface area contributed by atoms with Gasteiger partial charge in [-0.05, 0) is 44.8 Å². The summed E-state index contributed by atoms with van der Waals surface area (Å²) in [6.07, 6.45) is 0. The van der Waals surface area contributed by atoms with Crippen molar-refractivity contribution in [2.75, 3.05) is 13.2 Å². The van der Waals surface area contributed by atoms with Crippen molar-refractivity contribution in [3.05, 3.63) is 23.8 Å². The van der Waals surface area contributed by atoms with Crippen LogP contribution in [0.15, 0.2) is 18.2 Å². The molecular formula is C13H21BO4. The lowest BCUT2D eigenvalue weighted by Gasteiger charge is -2.19. The molecule has 1 rings (SSSR count). The molecule has 0 heterocycles. The Balaban J connectivity index is 2.48. The second-order valence-electron chi connectivity index (χ2n) is 5.21. The summed E-state index contributed by atoms with van der Waals surface area (Å²) in [5.74, 6) is 0.733. The van der Waals surface area contributed by atoms with E-state index < -0.39 is 7.12 Å². The molecule has 18 heavy (non-hydrogen) atoms. The van der Waals surface area contributed by atoms with Gasteiger partial charge >= 0.3 is 7.12 Å². The molecule has 0 spiro atoms. The average Bonchev–Trinajstić information content (AvgIpc) is 2.24. The summed E-state index contributed by atoms with van der Waals surface area (Å²) >= 11 is 0. The molecule has 0 saturated heterocycles. The molecule has 0 aromatic heterocycles. The van der Waals surface area contributed by atoms with E-state index in [4.69, 9.17) is 19.5 Å². The van der Waals surface area contributed by atoms with E-state index in [1.807, 2.05) is 27.7 Å². The van der Waals surface area contributed by atoms with Gasteiger partial charge in [0, 0.05) is 0 Å². The molecular weight excluding hydrogens is 231 g/mol. The van der Waals surface area contributed by atoms with Gasteiger partial charge in [-0.25, -0.2) is 0 Å². The second kappa shape index (κ2) is 6.23. The molecule has 0 amide bonds. The third-order valence-electron chi connectivity index (χ3n) is 2.37. The number of hydrogen-bond donors (Lipinski definition) is 2. The van der Waals surface area contributed by atoms with Crippen LogP contribution in [0.1, 0.15) is 26.3 Å². The first-order chi connectivity index (χ1) is 8.29. The van der Waals surface area contributed by atoms with E-state index in [9.17, 15) is 0 Å². The number of benzene rings is 1. The molecule has 0 saturated carbocycles. The summed E-state index contributed by atoms with van der Waals surface area (Å²) in [6.45, 7) is 8.85. The van der Waals surface area contributed by atoms with E-state index in [2.05, 4.69) is 0 Å². The third-order valence-corrected chi connectivity index (χ3v) is 2.37. The van der Waals surface area contributed by atoms with E-state index >= 15 is 0 Å². The first kappa shape index (κ1) is 15.0. The van der Waals surface area contributed by atoms with Crippen molar-refractivity contribution in [2.24, 2.45) is 0 Å². The molecule has 1 aromatic carbocycles. The Labute approximate surface area is 109 Å². The monoisotopic (exact) mass is 252 g/mol. The zero-order chi connectivity index (χ0) is 13.8. The molecule has 0 radical (unpaired) electrons. The Kier molecular flexibility index (Phi) is 5.20. The highest BCUT2D eigenvalue weighted by Crippen LogP contribution is 2.15. The molecule has 1 aromatic rings. The number of rotatable bonds is 5. The van der Waals surface area contributed by atoms with Crippen molar-refractivity contribution in [3.63, 3.8) is 0 Å². The van der Waals surface area contributed by atoms with Crippen LogP contribution in [-0.4, -0.2) is 36.0 Å². The van der Waals surface area contributed by atoms with Gasteiger partial charge in [0.05, 0.1) is 12.2 Å². The van der Waals surface area contributed by atoms with Crippen molar-refractivity contribution < 1.29 is 19.5 Å². The summed E-state index contributed by atoms with van der Waals surface area (Å²) < 4.78 is 11.1. The Morgan fingerprint density at radius 2 is 1.83 bits per heavy atom. The maximum Gasteiger partial charge on any atom is 0.488 e. The third kappa shape index (κ3) is 5.08. The Bertz CT molecular complexity index is 385. The molecule has 0 aliphatic rings. The predicted molar refractivity (Wildman–Crippen MR) is 72.2 cm³/mol. The first-order valence-electron chi connectivity index (χ1n) is 6.03. The highest BCUT2D eigenvalue weighted by Gasteiger charge is 2.13. The van der Waals surface area contributed by atoms with Crippen LogP contribution in [0, 0.1) is 6.92 Å². The average molecular weight is 252 g/mol. The summed E-state index contributed by atoms with van der Waals surface area (Å²) in [4.78, 5) is 0. The molecule has 0 aliphatic heterocycles. The molecule has 4 nitrogen and oxygen atoms in total. The zero-order valence-electron chi connectivity index (χ0n) is 11.4. The first-order valence-corrected chi connectivity index (χ1v) is 6.03. The van der Waals surface area contributed by atoms with Crippen LogP contribution in [0.2, 0.25) is 0 Å². The van der Waals surface area contributed by atoms with Gasteiger partial charge in [-0.15, -0.1) is 0 Å². The minimum Gasteiger partial charge on any atom is -0.491 e. The Morgan fingerprint density at radius 1 is 1.17 bits per heavy atom. The van der Waals surface area contributed by atoms with Crippen molar-refractivity contribution in [1.29, 1.82) is 0 Å². The predicted octanol–water partition coefficient (Wildman–Crippen LogP) is 0.869. The lowest BCUT2D eigenvalue weighted by atomic mass is 9.79. The van der Waals surface area contributed by atoms with Crippen LogP contribution in [0.3, 0.4) is 0 Å². The van der Waals surface area contributed by atoms with Crippen molar-refractivity contribution >= 4 is 12.6 Å². The van der Waals surface area contributed by atoms with Gasteiger partial charge in [0.15, 0.2) is 0 Å². The standard InChI is InChI=1S/C13H21BO4/c1-10-9-11(14(15)16)5-6-12(10)17-7-8-18-13(2,3)4/h5-6,9,15-16H,7-8H2,1-4H3. The highest BCUT2D eigenvalue weighted by molar-refractivity contribution is 6.58. The van der Waals surface area contributed by atoms with Gasteiger partial charge < -0.3 is 19.5 Å². The van der Waals surface area contributed by atoms with Crippen LogP contribution >= 0.6 is 0 Å². The molecule has 0 unspecified atom stereocenters. The van der Waals surface area contributed by atoms with Gasteiger partial charge in [-0.1, -0.05) is 12.1 Å². The minimum atomic E-state index is -1.44. The lowest BCUT2D eigenvalue weighted by Crippen LogP contribution is -2.29. The maximum atomic E-state index is 9.04. The van der Waals surface area contributed by atoms with E-state index in [1.54, 1.807) is 18.2 Å². The fourth-order valence-corrected chi connectivity index (χ4v) is 1.49. The van der Waals surface area contributed by atoms with Crippen LogP contribution in [0.5, 0.6) is 5.75 Å². The number of ether oxygens (including phenoxy) is 2. The van der Waals surface area contributed by atoms with Crippen LogP contribution in [0.4, 0.5) is 0 Å². The van der Waals surface area contributed by atoms with E-state index in [1.165, 1.54) is 0 Å². The smallest absolute Gasteiger partial charge is 0.488 e. The summed E-state index contributed by atoms with van der Waals surface area (Å²) in [5.41, 5.74) is 1.17. The maximum absolute atomic E-state index is 9.04. The molecule has 0 fully saturated rings. The number of aryl methyl sites for hydroxylation is 1. The van der Waals surface area contributed by atoms with Crippen molar-refractivity contribution in [1.82, 2.24) is 0 Å². The molecule has 5 heteroatoms. The molecule has 0 bridgehead atoms. The topological polar surface area (TPSA) is 58.9 Å². The Morgan fingerprint density at radius 3 is 2.33 bits per heavy atom. The van der Waals surface area contributed by atoms with Gasteiger partial charge in [0.2, 0.25) is 0 Å². The zero-order valence-corrected chi connectivity index (χ0v) is 11.4. The van der Waals surface area contributed by atoms with Gasteiger partial charge in [-0.2, -0.15) is 0 Å². The van der Waals surface area contributed by atoms with E-state index in [0.29, 0.717) is 18.7 Å². The largest absolute Gasteiger partial charge is 0.491 e. The van der Waals surface area contributed by atoms with E-state index in [-0.39, 0.29) is 5.60 Å². The lowest BCUT2D eigenvalue weighted by molar-refractivity contribution is -0.0163. The van der Waals surface area contributed by atoms with Crippen LogP contribution < -0.4 is 10.2 Å². The Hall–Kier alpha value is -1.04. The van der Waals surface area contributed by atoms with Crippen LogP contribution in [0.25, 0.3) is 0 Å². The quantitative estimate of drug-likeness (QED) is 0.603.